The topological polar surface area (TPSA) is 27.7 Å². The highest BCUT2D eigenvalue weighted by Crippen LogP contribution is 2.19. The summed E-state index contributed by atoms with van der Waals surface area (Å²) >= 11 is 0. The molecule has 3 aromatic rings. The highest BCUT2D eigenvalue weighted by Gasteiger charge is 2.27. The maximum absolute atomic E-state index is 5.63. The monoisotopic (exact) mass is 488 g/mol. The highest BCUT2D eigenvalue weighted by atomic mass is 16.7. The fourth-order valence-electron chi connectivity index (χ4n) is 3.85. The lowest BCUT2D eigenvalue weighted by Gasteiger charge is -2.09. The minimum absolute atomic E-state index is 0.0455. The van der Waals surface area contributed by atoms with E-state index in [9.17, 15) is 0 Å². The lowest BCUT2D eigenvalue weighted by molar-refractivity contribution is 0.256. The number of hydrogen-bond acceptors (Lipinski definition) is 3. The van der Waals surface area contributed by atoms with Crippen LogP contribution in [0.3, 0.4) is 0 Å². The summed E-state index contributed by atoms with van der Waals surface area (Å²) in [5.74, 6) is 9.62. The van der Waals surface area contributed by atoms with Crippen molar-refractivity contribution in [1.82, 2.24) is 0 Å². The van der Waals surface area contributed by atoms with Gasteiger partial charge in [0.05, 0.1) is 18.3 Å². The molecule has 4 heteroatoms. The van der Waals surface area contributed by atoms with E-state index in [0.29, 0.717) is 0 Å². The van der Waals surface area contributed by atoms with Crippen LogP contribution in [0.4, 0.5) is 0 Å². The van der Waals surface area contributed by atoms with E-state index in [0.717, 1.165) is 36.0 Å². The Labute approximate surface area is 222 Å². The van der Waals surface area contributed by atoms with Gasteiger partial charge in [-0.25, -0.2) is 0 Å². The smallest absolute Gasteiger partial charge is 0.438 e. The van der Waals surface area contributed by atoms with Crippen LogP contribution in [0.2, 0.25) is 0 Å². The first-order chi connectivity index (χ1) is 18.2. The molecule has 0 aliphatic heterocycles. The summed E-state index contributed by atoms with van der Waals surface area (Å²) in [6, 6.07) is 30.4. The highest BCUT2D eigenvalue weighted by molar-refractivity contribution is 6.37. The molecular weight excluding hydrogens is 455 g/mol. The van der Waals surface area contributed by atoms with Gasteiger partial charge in [0.1, 0.15) is 0 Å². The Morgan fingerprint density at radius 1 is 0.486 bits per heavy atom. The zero-order chi connectivity index (χ0) is 26.1. The van der Waals surface area contributed by atoms with Gasteiger partial charge in [0.25, 0.3) is 0 Å². The van der Waals surface area contributed by atoms with Crippen molar-refractivity contribution in [2.24, 2.45) is 0 Å². The van der Waals surface area contributed by atoms with Crippen LogP contribution in [-0.2, 0) is 14.0 Å². The zero-order valence-electron chi connectivity index (χ0n) is 21.8. The fraction of sp³-hybridized carbons (Fsp3) is 0.273. The molecule has 3 nitrogen and oxygen atoms in total. The first-order valence-electron chi connectivity index (χ1n) is 12.9. The van der Waals surface area contributed by atoms with Gasteiger partial charge in [0.15, 0.2) is 0 Å². The average molecular weight is 488 g/mol. The minimum Gasteiger partial charge on any atom is -0.438 e. The Morgan fingerprint density at radius 2 is 0.757 bits per heavy atom. The average Bonchev–Trinajstić information content (AvgIpc) is 2.96. The Kier molecular flexibility index (Phi) is 11.6. The summed E-state index contributed by atoms with van der Waals surface area (Å²) in [5, 5.41) is 0. The Balaban J connectivity index is 1.73. The zero-order valence-corrected chi connectivity index (χ0v) is 21.8. The van der Waals surface area contributed by atoms with E-state index >= 15 is 0 Å². The fourth-order valence-corrected chi connectivity index (χ4v) is 3.85. The molecule has 0 spiro atoms. The van der Waals surface area contributed by atoms with Crippen LogP contribution < -0.4 is 0 Å². The molecule has 0 aliphatic carbocycles. The van der Waals surface area contributed by atoms with Crippen LogP contribution in [0.1, 0.15) is 74.5 Å². The van der Waals surface area contributed by atoms with Crippen molar-refractivity contribution in [2.45, 2.75) is 57.8 Å². The Morgan fingerprint density at radius 3 is 1.00 bits per heavy atom. The second-order valence-electron chi connectivity index (χ2n) is 8.50. The van der Waals surface area contributed by atoms with Gasteiger partial charge in [-0.3, -0.25) is 0 Å². The lowest BCUT2D eigenvalue weighted by Crippen LogP contribution is -2.21. The molecule has 0 N–H and O–H groups in total. The molecule has 0 aliphatic rings. The Hall–Kier alpha value is -4.20. The van der Waals surface area contributed by atoms with Gasteiger partial charge in [0.2, 0.25) is 0 Å². The molecule has 3 atom stereocenters. The van der Waals surface area contributed by atoms with E-state index in [1.807, 2.05) is 54.6 Å². The van der Waals surface area contributed by atoms with Crippen LogP contribution in [0.25, 0.3) is 0 Å². The molecule has 0 bridgehead atoms. The predicted octanol–water partition coefficient (Wildman–Crippen LogP) is 7.49. The van der Waals surface area contributed by atoms with Crippen LogP contribution >= 0.6 is 0 Å². The molecule has 0 amide bonds. The van der Waals surface area contributed by atoms with Crippen LogP contribution in [0.15, 0.2) is 91.0 Å². The molecule has 3 rings (SSSR count). The van der Waals surface area contributed by atoms with Gasteiger partial charge >= 0.3 is 7.32 Å². The third-order valence-corrected chi connectivity index (χ3v) is 6.00. The Bertz CT molecular complexity index is 1080. The quantitative estimate of drug-likeness (QED) is 0.231. The van der Waals surface area contributed by atoms with Gasteiger partial charge < -0.3 is 14.0 Å². The van der Waals surface area contributed by atoms with Crippen molar-refractivity contribution >= 4 is 7.32 Å². The first-order valence-corrected chi connectivity index (χ1v) is 12.9. The third kappa shape index (κ3) is 9.07. The number of rotatable bonds is 9. The van der Waals surface area contributed by atoms with Gasteiger partial charge in [-0.2, -0.15) is 0 Å². The summed E-state index contributed by atoms with van der Waals surface area (Å²) in [6.45, 7) is 6.28. The number of hydrogen-bond donors (Lipinski definition) is 0. The second kappa shape index (κ2) is 15.7. The van der Waals surface area contributed by atoms with Crippen LogP contribution in [-0.4, -0.2) is 7.32 Å². The minimum atomic E-state index is -1.15. The van der Waals surface area contributed by atoms with Crippen LogP contribution in [0.5, 0.6) is 0 Å². The van der Waals surface area contributed by atoms with E-state index in [2.05, 4.69) is 93.3 Å². The van der Waals surface area contributed by atoms with Crippen LogP contribution in [0, 0.1) is 36.1 Å². The molecule has 0 fully saturated rings. The summed E-state index contributed by atoms with van der Waals surface area (Å²) in [6.07, 6.45) is 10.9. The molecule has 37 heavy (non-hydrogen) atoms. The summed E-state index contributed by atoms with van der Waals surface area (Å²) in [7, 11) is -1.15. The van der Waals surface area contributed by atoms with E-state index < -0.39 is 7.32 Å². The van der Waals surface area contributed by atoms with Crippen molar-refractivity contribution in [3.05, 3.63) is 108 Å². The third-order valence-electron chi connectivity index (χ3n) is 6.00. The molecule has 0 radical (unpaired) electrons. The van der Waals surface area contributed by atoms with E-state index in [1.165, 1.54) is 0 Å². The normalized spacial score (nSPS) is 12.1. The molecular formula is C33H33BO3. The van der Waals surface area contributed by atoms with Gasteiger partial charge in [-0.15, -0.1) is 0 Å². The molecule has 186 valence electrons. The van der Waals surface area contributed by atoms with E-state index in [-0.39, 0.29) is 17.8 Å². The van der Waals surface area contributed by atoms with Crippen molar-refractivity contribution in [2.75, 3.05) is 0 Å². The molecule has 0 heterocycles. The molecule has 3 unspecified atom stereocenters. The standard InChI is InChI=1S/C33H33BO3/c1-4-28(31-16-10-7-11-17-31)22-25-35-34(36-26-23-29(5-2)32-18-12-8-13-19-32)37-27-24-30(6-3)33-20-14-9-15-21-33/h7-21,28-30H,4-6H2,1-3H3. The lowest BCUT2D eigenvalue weighted by atomic mass is 9.97. The molecule has 0 saturated carbocycles. The maximum Gasteiger partial charge on any atom is 0.890 e. The summed E-state index contributed by atoms with van der Waals surface area (Å²) < 4.78 is 16.9. The van der Waals surface area contributed by atoms with E-state index in [1.54, 1.807) is 0 Å². The van der Waals surface area contributed by atoms with Gasteiger partial charge in [-0.05, 0) is 36.0 Å². The van der Waals surface area contributed by atoms with Crippen molar-refractivity contribution in [3.8, 4) is 36.1 Å². The first kappa shape index (κ1) is 27.4. The predicted molar refractivity (Wildman–Crippen MR) is 151 cm³/mol. The van der Waals surface area contributed by atoms with E-state index in [4.69, 9.17) is 14.0 Å². The molecule has 0 saturated heterocycles. The van der Waals surface area contributed by atoms with Crippen molar-refractivity contribution < 1.29 is 14.0 Å². The van der Waals surface area contributed by atoms with Crippen molar-refractivity contribution in [3.63, 3.8) is 0 Å². The van der Waals surface area contributed by atoms with Gasteiger partial charge in [0, 0.05) is 17.8 Å². The molecule has 0 aromatic heterocycles. The summed E-state index contributed by atoms with van der Waals surface area (Å²) in [4.78, 5) is 0. The second-order valence-corrected chi connectivity index (χ2v) is 8.50. The summed E-state index contributed by atoms with van der Waals surface area (Å²) in [5.41, 5.74) is 3.42. The van der Waals surface area contributed by atoms with Gasteiger partial charge in [-0.1, -0.05) is 130 Å². The number of benzene rings is 3. The SMILES string of the molecule is CCC(C#COB(OC#CC(CC)c1ccccc1)OC#CC(CC)c1ccccc1)c1ccccc1. The van der Waals surface area contributed by atoms with Crippen molar-refractivity contribution in [1.29, 1.82) is 0 Å². The molecule has 3 aromatic carbocycles. The maximum atomic E-state index is 5.63. The largest absolute Gasteiger partial charge is 0.890 e.